The molecule has 3 rings (SSSR count). The van der Waals surface area contributed by atoms with E-state index in [0.29, 0.717) is 6.54 Å². The molecule has 2 heterocycles. The zero-order valence-corrected chi connectivity index (χ0v) is 13.8. The Morgan fingerprint density at radius 2 is 2.09 bits per heavy atom. The summed E-state index contributed by atoms with van der Waals surface area (Å²) >= 11 is 0. The summed E-state index contributed by atoms with van der Waals surface area (Å²) in [6, 6.07) is 10.2. The van der Waals surface area contributed by atoms with Gasteiger partial charge in [-0.05, 0) is 31.5 Å². The van der Waals surface area contributed by atoms with E-state index < -0.39 is 0 Å². The molecule has 0 radical (unpaired) electrons. The molecule has 122 valence electrons. The molecule has 0 fully saturated rings. The molecular weight excluding hydrogens is 290 g/mol. The lowest BCUT2D eigenvalue weighted by molar-refractivity contribution is 0.235. The number of hydrogen-bond donors (Lipinski definition) is 2. The first-order chi connectivity index (χ1) is 11.2. The highest BCUT2D eigenvalue weighted by molar-refractivity contribution is 5.79. The molecule has 0 saturated heterocycles. The topological polar surface area (TPSA) is 58.8 Å². The van der Waals surface area contributed by atoms with Crippen molar-refractivity contribution in [1.29, 1.82) is 0 Å². The predicted octanol–water partition coefficient (Wildman–Crippen LogP) is 2.57. The van der Waals surface area contributed by atoms with Crippen LogP contribution in [0.25, 0.3) is 0 Å². The molecule has 1 atom stereocenters. The fourth-order valence-electron chi connectivity index (χ4n) is 2.84. The SMILES string of the molecule is CN=C(NCc1cc(C)oc1C)NCC1Cc2ccccc2O1. The second-order valence-corrected chi connectivity index (χ2v) is 5.80. The third kappa shape index (κ3) is 3.67. The van der Waals surface area contributed by atoms with Crippen LogP contribution in [0.3, 0.4) is 0 Å². The van der Waals surface area contributed by atoms with Crippen LogP contribution in [-0.4, -0.2) is 25.7 Å². The summed E-state index contributed by atoms with van der Waals surface area (Å²) in [6.07, 6.45) is 1.07. The van der Waals surface area contributed by atoms with Crippen molar-refractivity contribution in [3.63, 3.8) is 0 Å². The molecule has 0 amide bonds. The van der Waals surface area contributed by atoms with Crippen LogP contribution in [0.5, 0.6) is 5.75 Å². The molecule has 1 aliphatic heterocycles. The lowest BCUT2D eigenvalue weighted by Gasteiger charge is -2.15. The van der Waals surface area contributed by atoms with Crippen molar-refractivity contribution in [3.05, 3.63) is 53.0 Å². The Morgan fingerprint density at radius 1 is 1.26 bits per heavy atom. The maximum absolute atomic E-state index is 5.93. The monoisotopic (exact) mass is 313 g/mol. The quantitative estimate of drug-likeness (QED) is 0.673. The molecule has 1 aliphatic rings. The average Bonchev–Trinajstić information content (AvgIpc) is 3.09. The van der Waals surface area contributed by atoms with Crippen LogP contribution in [0.15, 0.2) is 39.7 Å². The molecule has 1 aromatic carbocycles. The first-order valence-electron chi connectivity index (χ1n) is 7.90. The third-order valence-corrected chi connectivity index (χ3v) is 4.02. The Labute approximate surface area is 136 Å². The van der Waals surface area contributed by atoms with E-state index in [-0.39, 0.29) is 6.10 Å². The number of benzene rings is 1. The average molecular weight is 313 g/mol. The van der Waals surface area contributed by atoms with Crippen LogP contribution in [0, 0.1) is 13.8 Å². The number of guanidine groups is 1. The Bertz CT molecular complexity index is 681. The number of nitrogens with zero attached hydrogens (tertiary/aromatic N) is 1. The van der Waals surface area contributed by atoms with E-state index in [1.54, 1.807) is 7.05 Å². The standard InChI is InChI=1S/C18H23N3O2/c1-12-8-15(13(2)22-12)10-20-18(19-3)21-11-16-9-14-6-4-5-7-17(14)23-16/h4-8,16H,9-11H2,1-3H3,(H2,19,20,21). The maximum atomic E-state index is 5.93. The number of aliphatic imine (C=N–C) groups is 1. The number of aryl methyl sites for hydroxylation is 2. The Balaban J connectivity index is 1.48. The van der Waals surface area contributed by atoms with E-state index >= 15 is 0 Å². The fraction of sp³-hybridized carbons (Fsp3) is 0.389. The Morgan fingerprint density at radius 3 is 2.78 bits per heavy atom. The number of para-hydroxylation sites is 1. The van der Waals surface area contributed by atoms with E-state index in [0.717, 1.165) is 41.8 Å². The van der Waals surface area contributed by atoms with Crippen molar-refractivity contribution >= 4 is 5.96 Å². The molecule has 23 heavy (non-hydrogen) atoms. The third-order valence-electron chi connectivity index (χ3n) is 4.02. The predicted molar refractivity (Wildman–Crippen MR) is 90.9 cm³/mol. The van der Waals surface area contributed by atoms with Crippen molar-refractivity contribution in [3.8, 4) is 5.75 Å². The number of nitrogens with one attached hydrogen (secondary N) is 2. The Hall–Kier alpha value is -2.43. The van der Waals surface area contributed by atoms with Gasteiger partial charge >= 0.3 is 0 Å². The van der Waals surface area contributed by atoms with Gasteiger partial charge in [-0.25, -0.2) is 0 Å². The van der Waals surface area contributed by atoms with Crippen LogP contribution in [-0.2, 0) is 13.0 Å². The first-order valence-corrected chi connectivity index (χ1v) is 7.90. The molecule has 0 bridgehead atoms. The minimum Gasteiger partial charge on any atom is -0.488 e. The van der Waals surface area contributed by atoms with Gasteiger partial charge in [0.2, 0.25) is 0 Å². The second kappa shape index (κ2) is 6.77. The van der Waals surface area contributed by atoms with Crippen molar-refractivity contribution in [1.82, 2.24) is 10.6 Å². The molecule has 5 heteroatoms. The van der Waals surface area contributed by atoms with Crippen LogP contribution in [0.4, 0.5) is 0 Å². The van der Waals surface area contributed by atoms with Crippen molar-refractivity contribution in [2.75, 3.05) is 13.6 Å². The maximum Gasteiger partial charge on any atom is 0.191 e. The fourth-order valence-corrected chi connectivity index (χ4v) is 2.84. The number of hydrogen-bond acceptors (Lipinski definition) is 3. The first kappa shape index (κ1) is 15.5. The minimum atomic E-state index is 0.142. The van der Waals surface area contributed by atoms with E-state index in [1.165, 1.54) is 5.56 Å². The summed E-state index contributed by atoms with van der Waals surface area (Å²) in [5.74, 6) is 3.63. The van der Waals surface area contributed by atoms with Gasteiger partial charge in [-0.3, -0.25) is 4.99 Å². The minimum absolute atomic E-state index is 0.142. The molecule has 1 unspecified atom stereocenters. The Kier molecular flexibility index (Phi) is 4.55. The van der Waals surface area contributed by atoms with Gasteiger partial charge in [0.1, 0.15) is 23.4 Å². The number of furan rings is 1. The van der Waals surface area contributed by atoms with Crippen LogP contribution in [0.1, 0.15) is 22.6 Å². The van der Waals surface area contributed by atoms with Gasteiger partial charge in [0, 0.05) is 25.6 Å². The van der Waals surface area contributed by atoms with Gasteiger partial charge in [0.15, 0.2) is 5.96 Å². The van der Waals surface area contributed by atoms with Gasteiger partial charge < -0.3 is 19.8 Å². The van der Waals surface area contributed by atoms with Crippen LogP contribution >= 0.6 is 0 Å². The summed E-state index contributed by atoms with van der Waals surface area (Å²) in [4.78, 5) is 4.26. The van der Waals surface area contributed by atoms with Gasteiger partial charge in [0.05, 0.1) is 6.54 Å². The highest BCUT2D eigenvalue weighted by atomic mass is 16.5. The summed E-state index contributed by atoms with van der Waals surface area (Å²) in [5, 5.41) is 6.63. The second-order valence-electron chi connectivity index (χ2n) is 5.80. The number of ether oxygens (including phenoxy) is 1. The summed E-state index contributed by atoms with van der Waals surface area (Å²) in [5.41, 5.74) is 2.42. The molecule has 0 aliphatic carbocycles. The summed E-state index contributed by atoms with van der Waals surface area (Å²) < 4.78 is 11.5. The van der Waals surface area contributed by atoms with Crippen molar-refractivity contribution in [2.45, 2.75) is 32.9 Å². The van der Waals surface area contributed by atoms with E-state index in [4.69, 9.17) is 9.15 Å². The molecule has 5 nitrogen and oxygen atoms in total. The zero-order valence-electron chi connectivity index (χ0n) is 13.8. The summed E-state index contributed by atoms with van der Waals surface area (Å²) in [6.45, 7) is 5.34. The van der Waals surface area contributed by atoms with Gasteiger partial charge in [-0.2, -0.15) is 0 Å². The molecular formula is C18H23N3O2. The smallest absolute Gasteiger partial charge is 0.191 e. The van der Waals surface area contributed by atoms with E-state index in [2.05, 4.69) is 21.7 Å². The largest absolute Gasteiger partial charge is 0.488 e. The van der Waals surface area contributed by atoms with E-state index in [1.807, 2.05) is 38.1 Å². The van der Waals surface area contributed by atoms with E-state index in [9.17, 15) is 0 Å². The normalized spacial score (nSPS) is 16.8. The lowest BCUT2D eigenvalue weighted by Crippen LogP contribution is -2.41. The molecule has 0 saturated carbocycles. The molecule has 0 spiro atoms. The zero-order chi connectivity index (χ0) is 16.2. The van der Waals surface area contributed by atoms with Gasteiger partial charge in [0.25, 0.3) is 0 Å². The highest BCUT2D eigenvalue weighted by Crippen LogP contribution is 2.27. The van der Waals surface area contributed by atoms with Gasteiger partial charge in [-0.1, -0.05) is 18.2 Å². The molecule has 2 aromatic rings. The number of fused-ring (bicyclic) bond motifs is 1. The van der Waals surface area contributed by atoms with Crippen LogP contribution < -0.4 is 15.4 Å². The molecule has 1 aromatic heterocycles. The van der Waals surface area contributed by atoms with Crippen molar-refractivity contribution < 1.29 is 9.15 Å². The van der Waals surface area contributed by atoms with Gasteiger partial charge in [-0.15, -0.1) is 0 Å². The number of rotatable bonds is 4. The molecule has 2 N–H and O–H groups in total. The van der Waals surface area contributed by atoms with Crippen molar-refractivity contribution in [2.24, 2.45) is 4.99 Å². The highest BCUT2D eigenvalue weighted by Gasteiger charge is 2.22. The summed E-state index contributed by atoms with van der Waals surface area (Å²) in [7, 11) is 1.77. The lowest BCUT2D eigenvalue weighted by atomic mass is 10.1. The van der Waals surface area contributed by atoms with Crippen LogP contribution in [0.2, 0.25) is 0 Å².